The summed E-state index contributed by atoms with van der Waals surface area (Å²) in [6, 6.07) is 16.0. The first-order chi connectivity index (χ1) is 16.6. The van der Waals surface area contributed by atoms with E-state index in [2.05, 4.69) is 95.5 Å². The van der Waals surface area contributed by atoms with Gasteiger partial charge in [-0.2, -0.15) is 0 Å². The van der Waals surface area contributed by atoms with Crippen LogP contribution in [-0.2, 0) is 6.42 Å². The van der Waals surface area contributed by atoms with Gasteiger partial charge < -0.3 is 4.90 Å². The molecule has 1 aromatic heterocycles. The third-order valence-electron chi connectivity index (χ3n) is 7.78. The van der Waals surface area contributed by atoms with E-state index in [1.807, 2.05) is 6.20 Å². The summed E-state index contributed by atoms with van der Waals surface area (Å²) in [5.41, 5.74) is 7.14. The normalized spacial score (nSPS) is 18.6. The number of pyridine rings is 1. The van der Waals surface area contributed by atoms with Crippen LogP contribution in [0.1, 0.15) is 88.0 Å². The number of aryl methyl sites for hydroxylation is 3. The highest BCUT2D eigenvalue weighted by Crippen LogP contribution is 2.39. The molecule has 0 saturated heterocycles. The highest BCUT2D eigenvalue weighted by atomic mass is 15.2. The van der Waals surface area contributed by atoms with Crippen molar-refractivity contribution in [3.05, 3.63) is 83.2 Å². The monoisotopic (exact) mass is 468 g/mol. The largest absolute Gasteiger partial charge is 0.330 e. The number of hydrogen-bond acceptors (Lipinski definition) is 2. The average Bonchev–Trinajstić information content (AvgIpc) is 2.81. The Morgan fingerprint density at radius 3 is 2.40 bits per heavy atom. The second kappa shape index (κ2) is 10.6. The zero-order valence-corrected chi connectivity index (χ0v) is 22.8. The fourth-order valence-corrected chi connectivity index (χ4v) is 5.88. The summed E-state index contributed by atoms with van der Waals surface area (Å²) >= 11 is 0. The lowest BCUT2D eigenvalue weighted by atomic mass is 9.78. The van der Waals surface area contributed by atoms with E-state index in [0.29, 0.717) is 11.8 Å². The van der Waals surface area contributed by atoms with Crippen LogP contribution in [0, 0.1) is 25.2 Å². The maximum Gasteiger partial charge on any atom is 0.140 e. The van der Waals surface area contributed by atoms with Crippen LogP contribution in [0.2, 0.25) is 0 Å². The molecule has 4 rings (SSSR count). The quantitative estimate of drug-likeness (QED) is 0.343. The van der Waals surface area contributed by atoms with Crippen LogP contribution >= 0.6 is 0 Å². The molecule has 1 aliphatic rings. The first kappa shape index (κ1) is 25.5. The Labute approximate surface area is 213 Å². The minimum absolute atomic E-state index is 0.191. The molecule has 0 atom stereocenters. The Hall–Kier alpha value is -2.61. The van der Waals surface area contributed by atoms with Gasteiger partial charge in [0.2, 0.25) is 0 Å². The molecule has 1 saturated carbocycles. The number of rotatable bonds is 7. The second-order valence-electron chi connectivity index (χ2n) is 12.0. The SMILES string of the molecule is C=C(CC(C)(C)C)N(CC1CCC(c2ccc(CC)c(C)c2)CC1)c1nccc2cc(C)ccc12. The van der Waals surface area contributed by atoms with Crippen LogP contribution in [0.3, 0.4) is 0 Å². The maximum absolute atomic E-state index is 4.91. The Balaban J connectivity index is 1.54. The fourth-order valence-electron chi connectivity index (χ4n) is 5.88. The number of nitrogens with zero attached hydrogens (tertiary/aromatic N) is 2. The molecule has 0 unspecified atom stereocenters. The topological polar surface area (TPSA) is 16.1 Å². The van der Waals surface area contributed by atoms with Gasteiger partial charge in [0.1, 0.15) is 5.82 Å². The molecule has 35 heavy (non-hydrogen) atoms. The molecule has 0 spiro atoms. The first-order valence-electron chi connectivity index (χ1n) is 13.5. The van der Waals surface area contributed by atoms with Crippen molar-refractivity contribution >= 4 is 16.6 Å². The lowest BCUT2D eigenvalue weighted by Crippen LogP contribution is -2.32. The van der Waals surface area contributed by atoms with Crippen LogP contribution in [0.15, 0.2) is 60.9 Å². The third kappa shape index (κ3) is 6.15. The zero-order valence-electron chi connectivity index (χ0n) is 22.8. The van der Waals surface area contributed by atoms with E-state index in [1.54, 1.807) is 5.56 Å². The van der Waals surface area contributed by atoms with Crippen LogP contribution < -0.4 is 4.90 Å². The molecular formula is C33H44N2. The van der Waals surface area contributed by atoms with E-state index in [4.69, 9.17) is 4.98 Å². The van der Waals surface area contributed by atoms with Crippen LogP contribution in [-0.4, -0.2) is 11.5 Å². The highest BCUT2D eigenvalue weighted by Gasteiger charge is 2.27. The van der Waals surface area contributed by atoms with Crippen molar-refractivity contribution in [2.45, 2.75) is 86.0 Å². The van der Waals surface area contributed by atoms with Crippen molar-refractivity contribution in [1.29, 1.82) is 0 Å². The molecular weight excluding hydrogens is 424 g/mol. The van der Waals surface area contributed by atoms with Gasteiger partial charge in [-0.05, 0) is 97.8 Å². The van der Waals surface area contributed by atoms with Crippen molar-refractivity contribution in [2.24, 2.45) is 11.3 Å². The molecule has 0 bridgehead atoms. The summed E-state index contributed by atoms with van der Waals surface area (Å²) in [6.07, 6.45) is 9.14. The summed E-state index contributed by atoms with van der Waals surface area (Å²) < 4.78 is 0. The molecule has 3 aromatic rings. The molecule has 1 heterocycles. The number of allylic oxidation sites excluding steroid dienone is 1. The van der Waals surface area contributed by atoms with Gasteiger partial charge in [-0.1, -0.05) is 76.2 Å². The predicted molar refractivity (Wildman–Crippen MR) is 152 cm³/mol. The summed E-state index contributed by atoms with van der Waals surface area (Å²) in [7, 11) is 0. The molecule has 2 aromatic carbocycles. The lowest BCUT2D eigenvalue weighted by molar-refractivity contribution is 0.326. The third-order valence-corrected chi connectivity index (χ3v) is 7.78. The van der Waals surface area contributed by atoms with Gasteiger partial charge in [-0.3, -0.25) is 0 Å². The first-order valence-corrected chi connectivity index (χ1v) is 13.5. The lowest BCUT2D eigenvalue weighted by Gasteiger charge is -2.36. The second-order valence-corrected chi connectivity index (χ2v) is 12.0. The van der Waals surface area contributed by atoms with Gasteiger partial charge >= 0.3 is 0 Å². The van der Waals surface area contributed by atoms with Gasteiger partial charge in [0, 0.05) is 23.8 Å². The van der Waals surface area contributed by atoms with Crippen LogP contribution in [0.5, 0.6) is 0 Å². The molecule has 1 fully saturated rings. The van der Waals surface area contributed by atoms with E-state index >= 15 is 0 Å². The van der Waals surface area contributed by atoms with Crippen molar-refractivity contribution in [3.8, 4) is 0 Å². The van der Waals surface area contributed by atoms with Gasteiger partial charge in [0.25, 0.3) is 0 Å². The van der Waals surface area contributed by atoms with E-state index in [1.165, 1.54) is 58.8 Å². The standard InChI is InChI=1S/C33H44N2/c1-8-27-14-15-29(20-24(27)3)28-12-10-26(11-13-28)22-35(25(4)21-33(5,6)7)32-31-16-9-23(2)19-30(31)17-18-34-32/h9,14-20,26,28H,4,8,10-13,21-22H2,1-3,5-7H3. The molecule has 0 N–H and O–H groups in total. The summed E-state index contributed by atoms with van der Waals surface area (Å²) in [6.45, 7) is 19.2. The smallest absolute Gasteiger partial charge is 0.140 e. The van der Waals surface area contributed by atoms with Gasteiger partial charge in [-0.25, -0.2) is 4.98 Å². The minimum atomic E-state index is 0.191. The highest BCUT2D eigenvalue weighted by molar-refractivity contribution is 5.93. The van der Waals surface area contributed by atoms with E-state index in [9.17, 15) is 0 Å². The number of hydrogen-bond donors (Lipinski definition) is 0. The fraction of sp³-hybridized carbons (Fsp3) is 0.485. The Morgan fingerprint density at radius 1 is 1.00 bits per heavy atom. The van der Waals surface area contributed by atoms with Crippen molar-refractivity contribution < 1.29 is 0 Å². The molecule has 0 aliphatic heterocycles. The minimum Gasteiger partial charge on any atom is -0.330 e. The number of fused-ring (bicyclic) bond motifs is 1. The summed E-state index contributed by atoms with van der Waals surface area (Å²) in [5, 5.41) is 2.49. The molecule has 186 valence electrons. The van der Waals surface area contributed by atoms with E-state index in [-0.39, 0.29) is 5.41 Å². The Bertz CT molecular complexity index is 1180. The molecule has 2 heteroatoms. The van der Waals surface area contributed by atoms with E-state index < -0.39 is 0 Å². The Morgan fingerprint density at radius 2 is 1.74 bits per heavy atom. The summed E-state index contributed by atoms with van der Waals surface area (Å²) in [4.78, 5) is 7.36. The number of aromatic nitrogens is 1. The Kier molecular flexibility index (Phi) is 7.69. The van der Waals surface area contributed by atoms with Crippen LogP contribution in [0.25, 0.3) is 10.8 Å². The molecule has 1 aliphatic carbocycles. The summed E-state index contributed by atoms with van der Waals surface area (Å²) in [5.74, 6) is 2.44. The molecule has 0 radical (unpaired) electrons. The predicted octanol–water partition coefficient (Wildman–Crippen LogP) is 9.14. The van der Waals surface area contributed by atoms with Crippen molar-refractivity contribution in [3.63, 3.8) is 0 Å². The van der Waals surface area contributed by atoms with Gasteiger partial charge in [0.05, 0.1) is 0 Å². The number of anilines is 1. The molecule has 0 amide bonds. The molecule has 2 nitrogen and oxygen atoms in total. The van der Waals surface area contributed by atoms with Crippen molar-refractivity contribution in [1.82, 2.24) is 4.98 Å². The zero-order chi connectivity index (χ0) is 25.2. The van der Waals surface area contributed by atoms with Crippen LogP contribution in [0.4, 0.5) is 5.82 Å². The van der Waals surface area contributed by atoms with Gasteiger partial charge in [0.15, 0.2) is 0 Å². The van der Waals surface area contributed by atoms with E-state index in [0.717, 1.165) is 25.2 Å². The average molecular weight is 469 g/mol. The van der Waals surface area contributed by atoms with Crippen molar-refractivity contribution in [2.75, 3.05) is 11.4 Å². The number of benzene rings is 2. The maximum atomic E-state index is 4.91. The van der Waals surface area contributed by atoms with Gasteiger partial charge in [-0.15, -0.1) is 0 Å².